The number of fused-ring (bicyclic) bond motifs is 1. The van der Waals surface area contributed by atoms with Crippen LogP contribution < -0.4 is 10.2 Å². The second-order valence-electron chi connectivity index (χ2n) is 7.49. The van der Waals surface area contributed by atoms with Crippen LogP contribution in [-0.2, 0) is 6.54 Å². The largest absolute Gasteiger partial charge is 0.478 e. The molecule has 1 fully saturated rings. The Morgan fingerprint density at radius 3 is 2.79 bits per heavy atom. The molecule has 3 aromatic rings. The van der Waals surface area contributed by atoms with Gasteiger partial charge in [0.2, 0.25) is 11.9 Å². The Balaban J connectivity index is 1.64. The number of carbonyl (C=O) groups is 1. The Hall–Kier alpha value is -3.07. The number of benzene rings is 1. The monoisotopic (exact) mass is 397 g/mol. The van der Waals surface area contributed by atoms with E-state index in [1.54, 1.807) is 12.3 Å². The summed E-state index contributed by atoms with van der Waals surface area (Å²) in [5, 5.41) is 13.0. The Bertz CT molecular complexity index is 1000. The quantitative estimate of drug-likeness (QED) is 0.563. The van der Waals surface area contributed by atoms with Gasteiger partial charge in [0.05, 0.1) is 22.3 Å². The molecule has 0 spiro atoms. The molecule has 1 aromatic carbocycles. The Kier molecular flexibility index (Phi) is 5.39. The average Bonchev–Trinajstić information content (AvgIpc) is 3.31. The van der Waals surface area contributed by atoms with Crippen molar-refractivity contribution in [3.8, 4) is 0 Å². The molecule has 9 nitrogen and oxygen atoms in total. The minimum atomic E-state index is -0.931. The summed E-state index contributed by atoms with van der Waals surface area (Å²) in [7, 11) is 2.08. The van der Waals surface area contributed by atoms with Gasteiger partial charge in [-0.25, -0.2) is 14.8 Å². The number of aromatic carboxylic acids is 1. The van der Waals surface area contributed by atoms with E-state index in [2.05, 4.69) is 48.6 Å². The predicted octanol–water partition coefficient (Wildman–Crippen LogP) is 2.75. The number of hydrogen-bond acceptors (Lipinski definition) is 6. The van der Waals surface area contributed by atoms with Crippen LogP contribution in [0.1, 0.15) is 30.1 Å². The first kappa shape index (κ1) is 19.3. The maximum Gasteiger partial charge on any atom is 0.337 e. The number of imidazole rings is 2. The van der Waals surface area contributed by atoms with Crippen LogP contribution in [0, 0.1) is 0 Å². The summed E-state index contributed by atoms with van der Waals surface area (Å²) in [5.74, 6) is 0.339. The summed E-state index contributed by atoms with van der Waals surface area (Å²) in [6.07, 6.45) is 5.88. The molecule has 1 aliphatic heterocycles. The molecule has 0 aliphatic carbocycles. The van der Waals surface area contributed by atoms with E-state index in [1.807, 2.05) is 12.3 Å². The fourth-order valence-electron chi connectivity index (χ4n) is 3.63. The zero-order valence-electron chi connectivity index (χ0n) is 16.9. The van der Waals surface area contributed by atoms with Crippen molar-refractivity contribution in [2.75, 3.05) is 43.4 Å². The smallest absolute Gasteiger partial charge is 0.337 e. The number of rotatable bonds is 7. The van der Waals surface area contributed by atoms with Crippen molar-refractivity contribution in [1.29, 1.82) is 0 Å². The Labute approximate surface area is 169 Å². The van der Waals surface area contributed by atoms with Gasteiger partial charge in [-0.15, -0.1) is 0 Å². The van der Waals surface area contributed by atoms with Gasteiger partial charge in [-0.2, -0.15) is 0 Å². The number of unbranched alkanes of at least 4 members (excludes halogenated alkanes) is 1. The lowest BCUT2D eigenvalue weighted by atomic mass is 10.1. The van der Waals surface area contributed by atoms with E-state index < -0.39 is 5.97 Å². The minimum absolute atomic E-state index is 0.293. The average molecular weight is 397 g/mol. The first-order valence-corrected chi connectivity index (χ1v) is 10.0. The number of aryl methyl sites for hydroxylation is 1. The van der Waals surface area contributed by atoms with Crippen molar-refractivity contribution in [2.45, 2.75) is 26.3 Å². The normalized spacial score (nSPS) is 15.2. The molecule has 0 unspecified atom stereocenters. The zero-order chi connectivity index (χ0) is 20.4. The van der Waals surface area contributed by atoms with Crippen molar-refractivity contribution in [3.63, 3.8) is 0 Å². The molecular formula is C20H27N7O2. The molecule has 0 radical (unpaired) electrons. The van der Waals surface area contributed by atoms with Gasteiger partial charge in [-0.05, 0) is 25.6 Å². The van der Waals surface area contributed by atoms with E-state index in [0.717, 1.165) is 62.7 Å². The number of anilines is 3. The number of H-pyrrole nitrogens is 1. The molecule has 0 amide bonds. The lowest BCUT2D eigenvalue weighted by molar-refractivity contribution is 0.0697. The van der Waals surface area contributed by atoms with E-state index >= 15 is 0 Å². The molecule has 2 aromatic heterocycles. The van der Waals surface area contributed by atoms with Gasteiger partial charge < -0.3 is 24.5 Å². The van der Waals surface area contributed by atoms with Crippen LogP contribution in [0.5, 0.6) is 0 Å². The summed E-state index contributed by atoms with van der Waals surface area (Å²) in [5.41, 5.74) is 2.44. The Morgan fingerprint density at radius 2 is 2.07 bits per heavy atom. The van der Waals surface area contributed by atoms with Crippen molar-refractivity contribution < 1.29 is 9.90 Å². The second-order valence-corrected chi connectivity index (χ2v) is 7.49. The van der Waals surface area contributed by atoms with Gasteiger partial charge >= 0.3 is 5.97 Å². The first-order chi connectivity index (χ1) is 14.0. The molecule has 9 heteroatoms. The third-order valence-corrected chi connectivity index (χ3v) is 5.37. The second kappa shape index (κ2) is 8.12. The van der Waals surface area contributed by atoms with Crippen molar-refractivity contribution in [1.82, 2.24) is 24.4 Å². The molecule has 4 rings (SSSR count). The van der Waals surface area contributed by atoms with E-state index in [4.69, 9.17) is 0 Å². The van der Waals surface area contributed by atoms with Crippen LogP contribution in [0.15, 0.2) is 24.5 Å². The highest BCUT2D eigenvalue weighted by Crippen LogP contribution is 2.28. The topological polar surface area (TPSA) is 102 Å². The van der Waals surface area contributed by atoms with E-state index in [9.17, 15) is 9.90 Å². The maximum atomic E-state index is 11.9. The molecule has 0 bridgehead atoms. The fraction of sp³-hybridized carbons (Fsp3) is 0.450. The van der Waals surface area contributed by atoms with Gasteiger partial charge in [-0.3, -0.25) is 5.32 Å². The number of hydrogen-bond donors (Lipinski definition) is 3. The maximum absolute atomic E-state index is 11.9. The van der Waals surface area contributed by atoms with Gasteiger partial charge in [0, 0.05) is 45.1 Å². The predicted molar refractivity (Wildman–Crippen MR) is 113 cm³/mol. The first-order valence-electron chi connectivity index (χ1n) is 10.0. The summed E-state index contributed by atoms with van der Waals surface area (Å²) >= 11 is 0. The molecule has 0 atom stereocenters. The minimum Gasteiger partial charge on any atom is -0.478 e. The zero-order valence-corrected chi connectivity index (χ0v) is 16.9. The van der Waals surface area contributed by atoms with Crippen molar-refractivity contribution in [3.05, 3.63) is 30.1 Å². The van der Waals surface area contributed by atoms with Crippen LogP contribution in [-0.4, -0.2) is 68.7 Å². The van der Waals surface area contributed by atoms with Gasteiger partial charge in [-0.1, -0.05) is 13.3 Å². The highest BCUT2D eigenvalue weighted by molar-refractivity contribution is 6.00. The van der Waals surface area contributed by atoms with Gasteiger partial charge in [0.15, 0.2) is 0 Å². The lowest BCUT2D eigenvalue weighted by Gasteiger charge is -2.34. The van der Waals surface area contributed by atoms with Crippen molar-refractivity contribution in [2.24, 2.45) is 0 Å². The van der Waals surface area contributed by atoms with Crippen LogP contribution >= 0.6 is 0 Å². The van der Waals surface area contributed by atoms with E-state index in [1.165, 1.54) is 0 Å². The van der Waals surface area contributed by atoms with E-state index in [0.29, 0.717) is 17.0 Å². The number of likely N-dealkylation sites (N-methyl/N-ethyl adjacent to an activating group) is 1. The molecule has 3 heterocycles. The summed E-state index contributed by atoms with van der Waals surface area (Å²) in [6, 6.07) is 3.54. The molecule has 1 aliphatic rings. The van der Waals surface area contributed by atoms with Crippen LogP contribution in [0.2, 0.25) is 0 Å². The molecule has 154 valence electrons. The summed E-state index contributed by atoms with van der Waals surface area (Å²) < 4.78 is 2.05. The Morgan fingerprint density at radius 1 is 1.28 bits per heavy atom. The number of carboxylic acids is 1. The van der Waals surface area contributed by atoms with Gasteiger partial charge in [0.1, 0.15) is 0 Å². The molecule has 0 saturated carbocycles. The van der Waals surface area contributed by atoms with Crippen molar-refractivity contribution >= 4 is 34.6 Å². The lowest BCUT2D eigenvalue weighted by Crippen LogP contribution is -2.45. The number of piperazine rings is 1. The highest BCUT2D eigenvalue weighted by atomic mass is 16.4. The molecule has 3 N–H and O–H groups in total. The standard InChI is InChI=1S/C20H27N7O2/c1-3-4-6-27-7-5-21-20(27)24-19-22-15-12-14(18(28)29)17(13-16(15)23-19)26-10-8-25(2)9-11-26/h5,7,12-13H,3-4,6,8-11H2,1-2H3,(H,28,29)(H2,21,22,23,24). The third kappa shape index (κ3) is 4.04. The molecular weight excluding hydrogens is 370 g/mol. The van der Waals surface area contributed by atoms with Crippen LogP contribution in [0.25, 0.3) is 11.0 Å². The van der Waals surface area contributed by atoms with Crippen LogP contribution in [0.4, 0.5) is 17.6 Å². The number of nitrogens with zero attached hydrogens (tertiary/aromatic N) is 5. The van der Waals surface area contributed by atoms with Gasteiger partial charge in [0.25, 0.3) is 0 Å². The molecule has 1 saturated heterocycles. The van der Waals surface area contributed by atoms with Crippen LogP contribution in [0.3, 0.4) is 0 Å². The number of aromatic amines is 1. The fourth-order valence-corrected chi connectivity index (χ4v) is 3.63. The van der Waals surface area contributed by atoms with E-state index in [-0.39, 0.29) is 0 Å². The SMILES string of the molecule is CCCCn1ccnc1Nc1nc2cc(N3CCN(C)CC3)c(C(=O)O)cc2[nH]1. The highest BCUT2D eigenvalue weighted by Gasteiger charge is 2.22. The summed E-state index contributed by atoms with van der Waals surface area (Å²) in [4.78, 5) is 28.4. The number of aromatic nitrogens is 4. The number of nitrogens with one attached hydrogen (secondary N) is 2. The third-order valence-electron chi connectivity index (χ3n) is 5.37. The number of carboxylic acid groups (broad SMARTS) is 1. The molecule has 29 heavy (non-hydrogen) atoms. The summed E-state index contributed by atoms with van der Waals surface area (Å²) in [6.45, 7) is 6.45.